The van der Waals surface area contributed by atoms with Gasteiger partial charge < -0.3 is 42.7 Å². The Bertz CT molecular complexity index is 1410. The standard InChI is InChI=1S/C32H42O15/c1-15(2)27(37)41-14-31-24(43-17(4)34)21(46-28(38)20-10-11-40-13-20)12-30(9,39)32(31)25(44-18(5)35)22(29(7,8)47-32)23(42-16(3)33)26(31)45-19(6)36/h10-11,13,15,21-26,39H,12,14H2,1-9H3/t21-,22-,23-,24+,25-,26-,30+,31+,32+/m1/s1. The first kappa shape index (κ1) is 35.9. The highest BCUT2D eigenvalue weighted by atomic mass is 16.7. The van der Waals surface area contributed by atoms with Crippen LogP contribution in [0.2, 0.25) is 0 Å². The molecule has 0 unspecified atom stereocenters. The molecule has 2 heterocycles. The number of esters is 6. The molecular weight excluding hydrogens is 624 g/mol. The zero-order valence-electron chi connectivity index (χ0n) is 27.9. The van der Waals surface area contributed by atoms with Crippen LogP contribution in [0.25, 0.3) is 0 Å². The van der Waals surface area contributed by atoms with Gasteiger partial charge in [0.2, 0.25) is 0 Å². The third-order valence-corrected chi connectivity index (χ3v) is 9.17. The summed E-state index contributed by atoms with van der Waals surface area (Å²) >= 11 is 0. The molecule has 1 aromatic rings. The molecule has 3 aliphatic rings. The van der Waals surface area contributed by atoms with Gasteiger partial charge in [-0.25, -0.2) is 4.79 Å². The molecule has 0 amide bonds. The molecule has 2 aliphatic carbocycles. The summed E-state index contributed by atoms with van der Waals surface area (Å²) in [6.07, 6.45) is -6.06. The van der Waals surface area contributed by atoms with E-state index in [2.05, 4.69) is 0 Å². The molecule has 0 aromatic carbocycles. The minimum Gasteiger partial charge on any atom is -0.472 e. The van der Waals surface area contributed by atoms with Crippen molar-refractivity contribution in [1.29, 1.82) is 0 Å². The Balaban J connectivity index is 2.14. The quantitative estimate of drug-likeness (QED) is 0.296. The second-order valence-corrected chi connectivity index (χ2v) is 13.4. The number of carbonyl (C=O) groups is 6. The number of ether oxygens (including phenoxy) is 7. The van der Waals surface area contributed by atoms with Crippen LogP contribution in [0.15, 0.2) is 23.0 Å². The molecule has 2 saturated carbocycles. The third-order valence-electron chi connectivity index (χ3n) is 9.17. The van der Waals surface area contributed by atoms with Gasteiger partial charge in [0.1, 0.15) is 36.6 Å². The van der Waals surface area contributed by atoms with Crippen LogP contribution in [0.1, 0.15) is 79.1 Å². The fraction of sp³-hybridized carbons (Fsp3) is 0.688. The van der Waals surface area contributed by atoms with E-state index in [1.165, 1.54) is 19.3 Å². The van der Waals surface area contributed by atoms with E-state index in [1.807, 2.05) is 0 Å². The van der Waals surface area contributed by atoms with Crippen molar-refractivity contribution in [1.82, 2.24) is 0 Å². The van der Waals surface area contributed by atoms with Crippen molar-refractivity contribution in [3.8, 4) is 0 Å². The van der Waals surface area contributed by atoms with Gasteiger partial charge in [-0.3, -0.25) is 24.0 Å². The molecule has 1 aromatic heterocycles. The molecule has 3 fully saturated rings. The van der Waals surface area contributed by atoms with E-state index in [0.717, 1.165) is 34.0 Å². The maximum absolute atomic E-state index is 13.3. The average Bonchev–Trinajstić information content (AvgIpc) is 3.52. The summed E-state index contributed by atoms with van der Waals surface area (Å²) in [7, 11) is 0. The normalized spacial score (nSPS) is 35.2. The lowest BCUT2D eigenvalue weighted by Crippen LogP contribution is -2.85. The van der Waals surface area contributed by atoms with Crippen molar-refractivity contribution in [2.24, 2.45) is 17.3 Å². The van der Waals surface area contributed by atoms with Crippen LogP contribution in [-0.2, 0) is 57.1 Å². The number of hydrogen-bond acceptors (Lipinski definition) is 15. The van der Waals surface area contributed by atoms with Crippen LogP contribution in [0.3, 0.4) is 0 Å². The predicted molar refractivity (Wildman–Crippen MR) is 155 cm³/mol. The van der Waals surface area contributed by atoms with Crippen LogP contribution in [-0.4, -0.2) is 94.9 Å². The lowest BCUT2D eigenvalue weighted by Gasteiger charge is -2.66. The first-order valence-corrected chi connectivity index (χ1v) is 15.2. The third kappa shape index (κ3) is 5.99. The summed E-state index contributed by atoms with van der Waals surface area (Å²) in [5, 5.41) is 12.6. The molecule has 1 saturated heterocycles. The molecule has 1 aliphatic heterocycles. The Kier molecular flexibility index (Phi) is 9.59. The topological polar surface area (TPSA) is 200 Å². The summed E-state index contributed by atoms with van der Waals surface area (Å²) in [6, 6.07) is 1.33. The van der Waals surface area contributed by atoms with E-state index in [4.69, 9.17) is 37.6 Å². The monoisotopic (exact) mass is 666 g/mol. The second-order valence-electron chi connectivity index (χ2n) is 13.4. The van der Waals surface area contributed by atoms with E-state index in [1.54, 1.807) is 27.7 Å². The molecular formula is C32H42O15. The van der Waals surface area contributed by atoms with E-state index in [-0.39, 0.29) is 5.56 Å². The zero-order valence-corrected chi connectivity index (χ0v) is 27.9. The second kappa shape index (κ2) is 12.6. The van der Waals surface area contributed by atoms with Gasteiger partial charge in [-0.1, -0.05) is 13.8 Å². The minimum absolute atomic E-state index is 0.0131. The number of carbonyl (C=O) groups excluding carboxylic acids is 6. The minimum atomic E-state index is -2.26. The van der Waals surface area contributed by atoms with Gasteiger partial charge in [-0.05, 0) is 26.8 Å². The molecule has 1 N–H and O–H groups in total. The molecule has 260 valence electrons. The van der Waals surface area contributed by atoms with Gasteiger partial charge in [0, 0.05) is 34.1 Å². The number of rotatable bonds is 9. The molecule has 15 heteroatoms. The van der Waals surface area contributed by atoms with Crippen LogP contribution in [0, 0.1) is 17.3 Å². The van der Waals surface area contributed by atoms with E-state index >= 15 is 0 Å². The van der Waals surface area contributed by atoms with Crippen molar-refractivity contribution in [2.75, 3.05) is 6.61 Å². The number of hydrogen-bond donors (Lipinski definition) is 1. The molecule has 9 atom stereocenters. The lowest BCUT2D eigenvalue weighted by molar-refractivity contribution is -0.363. The zero-order chi connectivity index (χ0) is 35.3. The van der Waals surface area contributed by atoms with Gasteiger partial charge in [0.15, 0.2) is 17.8 Å². The van der Waals surface area contributed by atoms with Crippen LogP contribution < -0.4 is 0 Å². The van der Waals surface area contributed by atoms with Crippen LogP contribution >= 0.6 is 0 Å². The predicted octanol–water partition coefficient (Wildman–Crippen LogP) is 2.05. The molecule has 2 bridgehead atoms. The maximum atomic E-state index is 13.3. The summed E-state index contributed by atoms with van der Waals surface area (Å²) in [4.78, 5) is 77.7. The summed E-state index contributed by atoms with van der Waals surface area (Å²) in [6.45, 7) is 11.2. The molecule has 47 heavy (non-hydrogen) atoms. The van der Waals surface area contributed by atoms with Crippen molar-refractivity contribution in [2.45, 2.75) is 116 Å². The Morgan fingerprint density at radius 3 is 1.91 bits per heavy atom. The molecule has 4 rings (SSSR count). The summed E-state index contributed by atoms with van der Waals surface area (Å²) in [5.74, 6) is -6.89. The SMILES string of the molecule is CC(=O)O[C@@H]1[C@@H]2[C@@H](OC(C)=O)[C@@]3(OC2(C)C)[C@](COC(=O)C(C)C)([C@@H]1OC(C)=O)[C@@H](OC(C)=O)[C@H](OC(=O)c1ccoc1)C[C@]3(C)O. The van der Waals surface area contributed by atoms with Crippen LogP contribution in [0.5, 0.6) is 0 Å². The molecule has 1 spiro atoms. The molecule has 0 radical (unpaired) electrons. The number of fused-ring (bicyclic) bond motifs is 1. The van der Waals surface area contributed by atoms with Gasteiger partial charge in [0.25, 0.3) is 0 Å². The number of aliphatic hydroxyl groups is 1. The fourth-order valence-corrected chi connectivity index (χ4v) is 7.74. The van der Waals surface area contributed by atoms with Gasteiger partial charge in [-0.2, -0.15) is 0 Å². The van der Waals surface area contributed by atoms with E-state index in [9.17, 15) is 33.9 Å². The fourth-order valence-electron chi connectivity index (χ4n) is 7.74. The van der Waals surface area contributed by atoms with Gasteiger partial charge in [-0.15, -0.1) is 0 Å². The van der Waals surface area contributed by atoms with Crippen molar-refractivity contribution < 1.29 is 71.4 Å². The van der Waals surface area contributed by atoms with Crippen LogP contribution in [0.4, 0.5) is 0 Å². The maximum Gasteiger partial charge on any atom is 0.341 e. The Hall–Kier alpha value is -3.98. The van der Waals surface area contributed by atoms with Crippen molar-refractivity contribution >= 4 is 35.8 Å². The van der Waals surface area contributed by atoms with Crippen molar-refractivity contribution in [3.63, 3.8) is 0 Å². The Labute approximate surface area is 271 Å². The van der Waals surface area contributed by atoms with E-state index in [0.29, 0.717) is 0 Å². The first-order chi connectivity index (χ1) is 21.7. The number of furan rings is 1. The summed E-state index contributed by atoms with van der Waals surface area (Å²) in [5.41, 5.74) is -8.08. The smallest absolute Gasteiger partial charge is 0.341 e. The Morgan fingerprint density at radius 2 is 1.40 bits per heavy atom. The highest BCUT2D eigenvalue weighted by Gasteiger charge is 2.89. The van der Waals surface area contributed by atoms with E-state index < -0.39 is 113 Å². The van der Waals surface area contributed by atoms with Crippen molar-refractivity contribution in [3.05, 3.63) is 24.2 Å². The average molecular weight is 667 g/mol. The first-order valence-electron chi connectivity index (χ1n) is 15.2. The highest BCUT2D eigenvalue weighted by molar-refractivity contribution is 5.89. The molecule has 15 nitrogen and oxygen atoms in total. The lowest BCUT2D eigenvalue weighted by atomic mass is 9.45. The summed E-state index contributed by atoms with van der Waals surface area (Å²) < 4.78 is 47.1. The van der Waals surface area contributed by atoms with Gasteiger partial charge in [0.05, 0.1) is 34.9 Å². The largest absolute Gasteiger partial charge is 0.472 e. The van der Waals surface area contributed by atoms with Gasteiger partial charge >= 0.3 is 35.8 Å². The Morgan fingerprint density at radius 1 is 0.851 bits per heavy atom. The highest BCUT2D eigenvalue weighted by Crippen LogP contribution is 2.69.